The van der Waals surface area contributed by atoms with Crippen molar-refractivity contribution in [3.8, 4) is 0 Å². The molecule has 4 N–H and O–H groups in total. The highest BCUT2D eigenvalue weighted by molar-refractivity contribution is 5.13. The van der Waals surface area contributed by atoms with Gasteiger partial charge < -0.3 is 11.5 Å². The van der Waals surface area contributed by atoms with E-state index in [0.717, 1.165) is 0 Å². The van der Waals surface area contributed by atoms with Gasteiger partial charge in [-0.2, -0.15) is 0 Å². The fourth-order valence-electron chi connectivity index (χ4n) is 0.272. The fourth-order valence-corrected chi connectivity index (χ4v) is 0.272. The topological polar surface area (TPSA) is 52.0 Å². The average molecular weight is 111 g/mol. The van der Waals surface area contributed by atoms with E-state index in [4.69, 9.17) is 11.5 Å². The Labute approximate surface area is 49.9 Å². The van der Waals surface area contributed by atoms with Gasteiger partial charge in [0.25, 0.3) is 0 Å². The van der Waals surface area contributed by atoms with Crippen molar-refractivity contribution in [3.05, 3.63) is 31.4 Å². The lowest BCUT2D eigenvalue weighted by molar-refractivity contribution is 0.846. The number of nitrogens with two attached hydrogens (primary N) is 2. The Morgan fingerprint density at radius 2 is 2.00 bits per heavy atom. The number of hydrogen-bond donors (Lipinski definition) is 2. The van der Waals surface area contributed by atoms with Crippen LogP contribution in [0.5, 0.6) is 0 Å². The Hall–Kier alpha value is -0.600. The van der Waals surface area contributed by atoms with Gasteiger partial charge in [0.2, 0.25) is 0 Å². The minimum absolute atomic E-state index is 0.243. The third kappa shape index (κ3) is 1.91. The standard InChI is InChI=1S/C6H11N2/c1-3-5(7)6(8)4-2/h3-5H,1-2,7-8H2. The van der Waals surface area contributed by atoms with Crippen molar-refractivity contribution in [1.82, 2.24) is 0 Å². The fraction of sp³-hybridized carbons (Fsp3) is 0.167. The molecule has 45 valence electrons. The molecule has 0 bridgehead atoms. The van der Waals surface area contributed by atoms with Gasteiger partial charge in [0.1, 0.15) is 0 Å². The molecule has 0 saturated carbocycles. The molecule has 0 fully saturated rings. The summed E-state index contributed by atoms with van der Waals surface area (Å²) in [6.45, 7) is 6.90. The first-order valence-electron chi connectivity index (χ1n) is 2.35. The molecule has 0 amide bonds. The highest BCUT2D eigenvalue weighted by atomic mass is 14.8. The molecule has 1 atom stereocenters. The van der Waals surface area contributed by atoms with E-state index in [0.29, 0.717) is 6.04 Å². The minimum atomic E-state index is -0.243. The average Bonchev–Trinajstić information content (AvgIpc) is 1.84. The van der Waals surface area contributed by atoms with Crippen LogP contribution < -0.4 is 11.5 Å². The summed E-state index contributed by atoms with van der Waals surface area (Å²) >= 11 is 0. The van der Waals surface area contributed by atoms with Crippen LogP contribution in [-0.4, -0.2) is 6.04 Å². The van der Waals surface area contributed by atoms with Gasteiger partial charge in [-0.15, -0.1) is 13.2 Å². The predicted molar refractivity (Wildman–Crippen MR) is 35.8 cm³/mol. The lowest BCUT2D eigenvalue weighted by Gasteiger charge is -2.08. The second kappa shape index (κ2) is 3.41. The van der Waals surface area contributed by atoms with E-state index in [2.05, 4.69) is 13.2 Å². The van der Waals surface area contributed by atoms with Crippen molar-refractivity contribution in [2.75, 3.05) is 0 Å². The molecule has 1 radical (unpaired) electrons. The number of hydrogen-bond acceptors (Lipinski definition) is 2. The van der Waals surface area contributed by atoms with Crippen LogP contribution in [0.25, 0.3) is 0 Å². The summed E-state index contributed by atoms with van der Waals surface area (Å²) in [5, 5.41) is 0. The molecule has 0 aromatic heterocycles. The first kappa shape index (κ1) is 7.40. The number of rotatable bonds is 3. The molecule has 0 aromatic rings. The van der Waals surface area contributed by atoms with Crippen molar-refractivity contribution in [2.45, 2.75) is 6.04 Å². The largest absolute Gasteiger partial charge is 0.323 e. The lowest BCUT2D eigenvalue weighted by Crippen LogP contribution is -2.30. The first-order valence-corrected chi connectivity index (χ1v) is 2.35. The SMILES string of the molecule is C=C[C](N)C(N)C=C. The maximum Gasteiger partial charge on any atom is 0.0763 e. The highest BCUT2D eigenvalue weighted by Gasteiger charge is 2.03. The van der Waals surface area contributed by atoms with E-state index in [1.165, 1.54) is 6.08 Å². The highest BCUT2D eigenvalue weighted by Crippen LogP contribution is 1.95. The third-order valence-electron chi connectivity index (χ3n) is 0.875. The molecule has 0 heterocycles. The molecule has 0 aliphatic rings. The van der Waals surface area contributed by atoms with Gasteiger partial charge in [-0.3, -0.25) is 0 Å². The van der Waals surface area contributed by atoms with Gasteiger partial charge in [0, 0.05) is 6.04 Å². The zero-order valence-corrected chi connectivity index (χ0v) is 4.80. The Bertz CT molecular complexity index is 76.5. The summed E-state index contributed by atoms with van der Waals surface area (Å²) in [4.78, 5) is 0. The normalized spacial score (nSPS) is 13.4. The first-order chi connectivity index (χ1) is 3.72. The second-order valence-electron chi connectivity index (χ2n) is 1.47. The van der Waals surface area contributed by atoms with Crippen molar-refractivity contribution in [1.29, 1.82) is 0 Å². The maximum absolute atomic E-state index is 5.38. The third-order valence-corrected chi connectivity index (χ3v) is 0.875. The van der Waals surface area contributed by atoms with Crippen LogP contribution in [0.1, 0.15) is 0 Å². The minimum Gasteiger partial charge on any atom is -0.323 e. The molecule has 0 spiro atoms. The Kier molecular flexibility index (Phi) is 3.15. The molecule has 0 aliphatic carbocycles. The second-order valence-corrected chi connectivity index (χ2v) is 1.47. The van der Waals surface area contributed by atoms with E-state index < -0.39 is 0 Å². The maximum atomic E-state index is 5.38. The molecule has 0 aromatic carbocycles. The van der Waals surface area contributed by atoms with Crippen LogP contribution in [0.15, 0.2) is 25.3 Å². The van der Waals surface area contributed by atoms with Crippen molar-refractivity contribution in [3.63, 3.8) is 0 Å². The summed E-state index contributed by atoms with van der Waals surface area (Å²) in [6, 6.07) is 0.313. The van der Waals surface area contributed by atoms with E-state index in [1.807, 2.05) is 0 Å². The Morgan fingerprint density at radius 1 is 1.50 bits per heavy atom. The molecule has 8 heavy (non-hydrogen) atoms. The molecule has 0 aliphatic heterocycles. The smallest absolute Gasteiger partial charge is 0.0763 e. The summed E-state index contributed by atoms with van der Waals surface area (Å²) in [6.07, 6.45) is 3.09. The van der Waals surface area contributed by atoms with Crippen molar-refractivity contribution >= 4 is 0 Å². The van der Waals surface area contributed by atoms with E-state index in [9.17, 15) is 0 Å². The zero-order chi connectivity index (χ0) is 6.57. The van der Waals surface area contributed by atoms with Crippen LogP contribution in [0.2, 0.25) is 0 Å². The quantitative estimate of drug-likeness (QED) is 0.510. The summed E-state index contributed by atoms with van der Waals surface area (Å²) < 4.78 is 0. The van der Waals surface area contributed by atoms with Gasteiger partial charge in [0.05, 0.1) is 6.04 Å². The lowest BCUT2D eigenvalue weighted by atomic mass is 10.1. The van der Waals surface area contributed by atoms with E-state index in [-0.39, 0.29) is 6.04 Å². The van der Waals surface area contributed by atoms with Crippen LogP contribution in [0.3, 0.4) is 0 Å². The van der Waals surface area contributed by atoms with Gasteiger partial charge in [-0.1, -0.05) is 12.2 Å². The van der Waals surface area contributed by atoms with E-state index >= 15 is 0 Å². The summed E-state index contributed by atoms with van der Waals surface area (Å²) in [7, 11) is 0. The van der Waals surface area contributed by atoms with Crippen LogP contribution in [-0.2, 0) is 0 Å². The summed E-state index contributed by atoms with van der Waals surface area (Å²) in [5.74, 6) is 0. The molecular weight excluding hydrogens is 100 g/mol. The Morgan fingerprint density at radius 3 is 2.12 bits per heavy atom. The molecule has 2 heteroatoms. The Balaban J connectivity index is 3.60. The molecule has 2 nitrogen and oxygen atoms in total. The van der Waals surface area contributed by atoms with Gasteiger partial charge in [-0.25, -0.2) is 0 Å². The zero-order valence-electron chi connectivity index (χ0n) is 4.80. The van der Waals surface area contributed by atoms with E-state index in [1.54, 1.807) is 6.08 Å². The van der Waals surface area contributed by atoms with Crippen molar-refractivity contribution < 1.29 is 0 Å². The van der Waals surface area contributed by atoms with Gasteiger partial charge >= 0.3 is 0 Å². The molecule has 1 unspecified atom stereocenters. The van der Waals surface area contributed by atoms with Gasteiger partial charge in [-0.05, 0) is 0 Å². The van der Waals surface area contributed by atoms with Crippen LogP contribution in [0.4, 0.5) is 0 Å². The molecular formula is C6H11N2. The van der Waals surface area contributed by atoms with Gasteiger partial charge in [0.15, 0.2) is 0 Å². The van der Waals surface area contributed by atoms with Crippen LogP contribution >= 0.6 is 0 Å². The molecule has 0 saturated heterocycles. The molecule has 0 rings (SSSR count). The predicted octanol–water partition coefficient (Wildman–Crippen LogP) is 0.176. The van der Waals surface area contributed by atoms with Crippen molar-refractivity contribution in [2.24, 2.45) is 11.5 Å². The van der Waals surface area contributed by atoms with Crippen LogP contribution in [0, 0.1) is 6.04 Å². The monoisotopic (exact) mass is 111 g/mol. The summed E-state index contributed by atoms with van der Waals surface area (Å²) in [5.41, 5.74) is 10.7.